The Morgan fingerprint density at radius 3 is 2.50 bits per heavy atom. The number of nitrogens with two attached hydrogens (primary N) is 1. The number of amides is 1. The van der Waals surface area contributed by atoms with Gasteiger partial charge in [0.05, 0.1) is 32.9 Å². The summed E-state index contributed by atoms with van der Waals surface area (Å²) in [5, 5.41) is 7.30. The van der Waals surface area contributed by atoms with Crippen molar-refractivity contribution in [3.05, 3.63) is 35.5 Å². The van der Waals surface area contributed by atoms with Crippen LogP contribution in [0.2, 0.25) is 0 Å². The van der Waals surface area contributed by atoms with Crippen LogP contribution in [0.1, 0.15) is 25.0 Å². The highest BCUT2D eigenvalue weighted by atomic mass is 35.5. The highest BCUT2D eigenvalue weighted by Crippen LogP contribution is 2.28. The van der Waals surface area contributed by atoms with Crippen molar-refractivity contribution in [2.45, 2.75) is 33.4 Å². The van der Waals surface area contributed by atoms with Crippen molar-refractivity contribution in [3.63, 3.8) is 0 Å². The van der Waals surface area contributed by atoms with Gasteiger partial charge in [0.1, 0.15) is 5.82 Å². The van der Waals surface area contributed by atoms with E-state index < -0.39 is 0 Å². The van der Waals surface area contributed by atoms with Gasteiger partial charge in [-0.1, -0.05) is 13.0 Å². The average Bonchev–Trinajstić information content (AvgIpc) is 2.93. The fraction of sp³-hybridized carbons (Fsp3) is 0.444. The molecule has 7 nitrogen and oxygen atoms in total. The molecule has 0 aliphatic rings. The maximum atomic E-state index is 12.3. The van der Waals surface area contributed by atoms with Crippen LogP contribution >= 0.6 is 12.4 Å². The first kappa shape index (κ1) is 21.8. The molecular formula is C18H27ClN4O3. The van der Waals surface area contributed by atoms with Gasteiger partial charge in [-0.25, -0.2) is 4.68 Å². The summed E-state index contributed by atoms with van der Waals surface area (Å²) in [4.78, 5) is 12.3. The molecule has 1 heterocycles. The molecule has 1 aromatic carbocycles. The molecule has 0 saturated heterocycles. The Bertz CT molecular complexity index is 746. The first-order chi connectivity index (χ1) is 11.9. The number of nitrogens with one attached hydrogen (secondary N) is 1. The van der Waals surface area contributed by atoms with E-state index >= 15 is 0 Å². The van der Waals surface area contributed by atoms with E-state index in [4.69, 9.17) is 15.2 Å². The maximum absolute atomic E-state index is 12.3. The van der Waals surface area contributed by atoms with E-state index in [1.807, 2.05) is 39.0 Å². The van der Waals surface area contributed by atoms with Crippen LogP contribution in [0.15, 0.2) is 24.4 Å². The Kier molecular flexibility index (Phi) is 7.92. The van der Waals surface area contributed by atoms with E-state index in [1.165, 1.54) is 0 Å². The average molecular weight is 383 g/mol. The molecule has 2 rings (SSSR count). The highest BCUT2D eigenvalue weighted by molar-refractivity contribution is 5.92. The Morgan fingerprint density at radius 1 is 1.27 bits per heavy atom. The van der Waals surface area contributed by atoms with Crippen molar-refractivity contribution < 1.29 is 14.3 Å². The van der Waals surface area contributed by atoms with Crippen LogP contribution in [0, 0.1) is 12.8 Å². The molecule has 26 heavy (non-hydrogen) atoms. The fourth-order valence-corrected chi connectivity index (χ4v) is 2.38. The van der Waals surface area contributed by atoms with Gasteiger partial charge >= 0.3 is 0 Å². The second kappa shape index (κ2) is 9.45. The Balaban J connectivity index is 0.00000338. The molecule has 0 fully saturated rings. The molecule has 2 atom stereocenters. The number of halogens is 1. The standard InChI is InChI=1S/C18H26N4O3.ClH/c1-11-9-20-22(17(11)21-18(23)12(2)13(3)19)10-14-6-7-15(24-4)16(8-14)25-5;/h6-9,12-13H,10,19H2,1-5H3,(H,21,23);1H. The molecule has 0 saturated carbocycles. The molecule has 2 aromatic rings. The summed E-state index contributed by atoms with van der Waals surface area (Å²) < 4.78 is 12.3. The number of carbonyl (C=O) groups is 1. The number of nitrogens with zero attached hydrogens (tertiary/aromatic N) is 2. The molecule has 0 radical (unpaired) electrons. The van der Waals surface area contributed by atoms with Crippen molar-refractivity contribution in [2.24, 2.45) is 11.7 Å². The van der Waals surface area contributed by atoms with Gasteiger partial charge in [-0.05, 0) is 31.5 Å². The zero-order valence-electron chi connectivity index (χ0n) is 15.8. The summed E-state index contributed by atoms with van der Waals surface area (Å²) >= 11 is 0. The third kappa shape index (κ3) is 4.89. The summed E-state index contributed by atoms with van der Waals surface area (Å²) in [6, 6.07) is 5.46. The zero-order chi connectivity index (χ0) is 18.6. The van der Waals surface area contributed by atoms with E-state index in [9.17, 15) is 4.79 Å². The van der Waals surface area contributed by atoms with Gasteiger partial charge in [-0.3, -0.25) is 4.79 Å². The minimum absolute atomic E-state index is 0. The Labute approximate surface area is 160 Å². The minimum Gasteiger partial charge on any atom is -0.493 e. The van der Waals surface area contributed by atoms with Gasteiger partial charge in [0.2, 0.25) is 5.91 Å². The van der Waals surface area contributed by atoms with Gasteiger partial charge in [0, 0.05) is 11.6 Å². The van der Waals surface area contributed by atoms with Crippen LogP contribution in [0.4, 0.5) is 5.82 Å². The molecule has 0 aliphatic heterocycles. The number of hydrogen-bond acceptors (Lipinski definition) is 5. The Morgan fingerprint density at radius 2 is 1.92 bits per heavy atom. The van der Waals surface area contributed by atoms with Crippen LogP contribution < -0.4 is 20.5 Å². The van der Waals surface area contributed by atoms with E-state index in [-0.39, 0.29) is 30.3 Å². The highest BCUT2D eigenvalue weighted by Gasteiger charge is 2.20. The molecular weight excluding hydrogens is 356 g/mol. The monoisotopic (exact) mass is 382 g/mol. The van der Waals surface area contributed by atoms with E-state index in [0.29, 0.717) is 23.9 Å². The molecule has 0 aliphatic carbocycles. The molecule has 1 amide bonds. The number of aromatic nitrogens is 2. The number of anilines is 1. The van der Waals surface area contributed by atoms with Gasteiger partial charge in [-0.2, -0.15) is 5.10 Å². The van der Waals surface area contributed by atoms with E-state index in [2.05, 4.69) is 10.4 Å². The van der Waals surface area contributed by atoms with Crippen molar-refractivity contribution in [2.75, 3.05) is 19.5 Å². The molecule has 8 heteroatoms. The van der Waals surface area contributed by atoms with Crippen LogP contribution in [-0.2, 0) is 11.3 Å². The zero-order valence-corrected chi connectivity index (χ0v) is 16.6. The summed E-state index contributed by atoms with van der Waals surface area (Å²) in [6.45, 7) is 6.03. The van der Waals surface area contributed by atoms with Gasteiger partial charge < -0.3 is 20.5 Å². The summed E-state index contributed by atoms with van der Waals surface area (Å²) in [6.07, 6.45) is 1.73. The van der Waals surface area contributed by atoms with E-state index in [0.717, 1.165) is 11.1 Å². The number of hydrogen-bond donors (Lipinski definition) is 2. The van der Waals surface area contributed by atoms with Gasteiger partial charge in [0.25, 0.3) is 0 Å². The third-order valence-corrected chi connectivity index (χ3v) is 4.25. The maximum Gasteiger partial charge on any atom is 0.229 e. The predicted octanol–water partition coefficient (Wildman–Crippen LogP) is 2.60. The third-order valence-electron chi connectivity index (χ3n) is 4.25. The smallest absolute Gasteiger partial charge is 0.229 e. The van der Waals surface area contributed by atoms with Crippen LogP contribution in [0.25, 0.3) is 0 Å². The van der Waals surface area contributed by atoms with Gasteiger partial charge in [-0.15, -0.1) is 12.4 Å². The number of aryl methyl sites for hydroxylation is 1. The van der Waals surface area contributed by atoms with Crippen LogP contribution in [-0.4, -0.2) is 35.9 Å². The molecule has 0 bridgehead atoms. The van der Waals surface area contributed by atoms with Gasteiger partial charge in [0.15, 0.2) is 11.5 Å². The lowest BCUT2D eigenvalue weighted by atomic mass is 10.0. The largest absolute Gasteiger partial charge is 0.493 e. The van der Waals surface area contributed by atoms with Crippen LogP contribution in [0.5, 0.6) is 11.5 Å². The SMILES string of the molecule is COc1ccc(Cn2ncc(C)c2NC(=O)C(C)C(C)N)cc1OC.Cl. The number of benzene rings is 1. The molecule has 1 aromatic heterocycles. The first-order valence-electron chi connectivity index (χ1n) is 8.17. The topological polar surface area (TPSA) is 91.4 Å². The lowest BCUT2D eigenvalue weighted by Gasteiger charge is -2.17. The van der Waals surface area contributed by atoms with Crippen LogP contribution in [0.3, 0.4) is 0 Å². The Hall–Kier alpha value is -2.25. The molecule has 144 valence electrons. The summed E-state index contributed by atoms with van der Waals surface area (Å²) in [5.74, 6) is 1.59. The minimum atomic E-state index is -0.288. The summed E-state index contributed by atoms with van der Waals surface area (Å²) in [7, 11) is 3.20. The molecule has 2 unspecified atom stereocenters. The normalized spacial score (nSPS) is 12.7. The van der Waals surface area contributed by atoms with Crippen molar-refractivity contribution in [1.82, 2.24) is 9.78 Å². The molecule has 3 N–H and O–H groups in total. The number of methoxy groups -OCH3 is 2. The van der Waals surface area contributed by atoms with E-state index in [1.54, 1.807) is 25.1 Å². The van der Waals surface area contributed by atoms with Crippen molar-refractivity contribution in [1.29, 1.82) is 0 Å². The quantitative estimate of drug-likeness (QED) is 0.768. The van der Waals surface area contributed by atoms with Crippen molar-refractivity contribution in [3.8, 4) is 11.5 Å². The second-order valence-electron chi connectivity index (χ2n) is 6.16. The summed E-state index contributed by atoms with van der Waals surface area (Å²) in [5.41, 5.74) is 7.69. The second-order valence-corrected chi connectivity index (χ2v) is 6.16. The predicted molar refractivity (Wildman–Crippen MR) is 104 cm³/mol. The molecule has 0 spiro atoms. The fourth-order valence-electron chi connectivity index (χ4n) is 2.38. The lowest BCUT2D eigenvalue weighted by Crippen LogP contribution is -2.35. The van der Waals surface area contributed by atoms with Crippen molar-refractivity contribution >= 4 is 24.1 Å². The first-order valence-corrected chi connectivity index (χ1v) is 8.17. The number of carbonyl (C=O) groups excluding carboxylic acids is 1. The number of ether oxygens (including phenoxy) is 2. The lowest BCUT2D eigenvalue weighted by molar-refractivity contribution is -0.119. The number of rotatable bonds is 7.